The summed E-state index contributed by atoms with van der Waals surface area (Å²) in [6.07, 6.45) is 1.04. The van der Waals surface area contributed by atoms with Crippen molar-refractivity contribution in [2.75, 3.05) is 4.90 Å². The Morgan fingerprint density at radius 2 is 1.73 bits per heavy atom. The number of carbonyl (C=O) groups excluding carboxylic acids is 2. The fraction of sp³-hybridized carbons (Fsp3) is 0.200. The number of Topliss-reactive ketones (excluding diaryl/α,β-unsaturated/α-hetero) is 1. The summed E-state index contributed by atoms with van der Waals surface area (Å²) in [5.41, 5.74) is 1.56. The lowest BCUT2D eigenvalue weighted by Gasteiger charge is -2.34. The predicted octanol–water partition coefficient (Wildman–Crippen LogP) is 4.52. The molecule has 5 rings (SSSR count). The number of fused-ring (bicyclic) bond motifs is 2. The van der Waals surface area contributed by atoms with Crippen molar-refractivity contribution in [1.82, 2.24) is 0 Å². The van der Waals surface area contributed by atoms with Crippen LogP contribution in [-0.2, 0) is 23.4 Å². The highest BCUT2D eigenvalue weighted by atomic mass is 35.5. The molecule has 0 unspecified atom stereocenters. The van der Waals surface area contributed by atoms with Gasteiger partial charge in [0.1, 0.15) is 0 Å². The molecule has 1 aliphatic heterocycles. The van der Waals surface area contributed by atoms with Gasteiger partial charge in [-0.05, 0) is 42.2 Å². The molecule has 5 heteroatoms. The third-order valence-corrected chi connectivity index (χ3v) is 6.46. The van der Waals surface area contributed by atoms with Crippen LogP contribution in [0.4, 0.5) is 5.69 Å². The van der Waals surface area contributed by atoms with Crippen LogP contribution in [-0.4, -0.2) is 16.8 Å². The maximum Gasteiger partial charge on any atom is 0.264 e. The van der Waals surface area contributed by atoms with Gasteiger partial charge in [-0.1, -0.05) is 66.2 Å². The summed E-state index contributed by atoms with van der Waals surface area (Å²) in [5.74, 6) is -1.51. The Labute approximate surface area is 179 Å². The number of aliphatic hydroxyl groups is 1. The van der Waals surface area contributed by atoms with Crippen molar-refractivity contribution in [3.05, 3.63) is 100 Å². The summed E-state index contributed by atoms with van der Waals surface area (Å²) in [6.45, 7) is 0.314. The SMILES string of the molecule is O=C1c2ccccc2CC[C@@H]1[C@]1(O)C(=O)N(Cc2ccccc2)c2ccc(Cl)cc21. The van der Waals surface area contributed by atoms with E-state index >= 15 is 0 Å². The smallest absolute Gasteiger partial charge is 0.264 e. The Kier molecular flexibility index (Phi) is 4.49. The second-order valence-corrected chi connectivity index (χ2v) is 8.35. The third-order valence-electron chi connectivity index (χ3n) is 6.22. The Hall–Kier alpha value is -2.95. The first kappa shape index (κ1) is 19.0. The summed E-state index contributed by atoms with van der Waals surface area (Å²) >= 11 is 6.24. The summed E-state index contributed by atoms with van der Waals surface area (Å²) in [6, 6.07) is 22.1. The number of hydrogen-bond acceptors (Lipinski definition) is 3. The lowest BCUT2D eigenvalue weighted by molar-refractivity contribution is -0.140. The monoisotopic (exact) mass is 417 g/mol. The molecule has 3 aromatic carbocycles. The number of carbonyl (C=O) groups is 2. The largest absolute Gasteiger partial charge is 0.375 e. The van der Waals surface area contributed by atoms with Crippen molar-refractivity contribution in [3.8, 4) is 0 Å². The van der Waals surface area contributed by atoms with E-state index in [-0.39, 0.29) is 5.78 Å². The average molecular weight is 418 g/mol. The highest BCUT2D eigenvalue weighted by Crippen LogP contribution is 2.49. The van der Waals surface area contributed by atoms with Crippen LogP contribution in [0.2, 0.25) is 5.02 Å². The fourth-order valence-corrected chi connectivity index (χ4v) is 4.91. The Balaban J connectivity index is 1.61. The molecule has 2 aliphatic rings. The molecule has 0 saturated carbocycles. The molecule has 0 fully saturated rings. The molecule has 2 atom stereocenters. The maximum atomic E-state index is 13.6. The molecule has 1 aliphatic carbocycles. The van der Waals surface area contributed by atoms with Gasteiger partial charge in [0.15, 0.2) is 11.4 Å². The minimum atomic E-state index is -1.93. The number of nitrogens with zero attached hydrogens (tertiary/aromatic N) is 1. The Morgan fingerprint density at radius 3 is 2.53 bits per heavy atom. The van der Waals surface area contributed by atoms with Crippen molar-refractivity contribution in [2.24, 2.45) is 5.92 Å². The Morgan fingerprint density at radius 1 is 1.00 bits per heavy atom. The fourth-order valence-electron chi connectivity index (χ4n) is 4.73. The molecular formula is C25H20ClNO3. The Bertz CT molecular complexity index is 1160. The molecule has 0 bridgehead atoms. The maximum absolute atomic E-state index is 13.6. The van der Waals surface area contributed by atoms with Crippen LogP contribution in [0.3, 0.4) is 0 Å². The first-order valence-corrected chi connectivity index (χ1v) is 10.4. The number of aryl methyl sites for hydroxylation is 1. The number of halogens is 1. The molecule has 0 aromatic heterocycles. The molecule has 1 N–H and O–H groups in total. The summed E-state index contributed by atoms with van der Waals surface area (Å²) in [4.78, 5) is 28.6. The number of rotatable bonds is 3. The number of anilines is 1. The van der Waals surface area contributed by atoms with Crippen LogP contribution < -0.4 is 4.90 Å². The molecule has 150 valence electrons. The van der Waals surface area contributed by atoms with E-state index in [1.165, 1.54) is 0 Å². The van der Waals surface area contributed by atoms with E-state index in [2.05, 4.69) is 0 Å². The van der Waals surface area contributed by atoms with Crippen molar-refractivity contribution in [2.45, 2.75) is 25.0 Å². The topological polar surface area (TPSA) is 57.6 Å². The zero-order chi connectivity index (χ0) is 20.9. The second kappa shape index (κ2) is 7.08. The van der Waals surface area contributed by atoms with Crippen LogP contribution in [0.25, 0.3) is 0 Å². The van der Waals surface area contributed by atoms with E-state index < -0.39 is 17.4 Å². The van der Waals surface area contributed by atoms with Gasteiger partial charge < -0.3 is 10.0 Å². The number of hydrogen-bond donors (Lipinski definition) is 1. The molecule has 0 radical (unpaired) electrons. The molecule has 0 saturated heterocycles. The van der Waals surface area contributed by atoms with E-state index in [0.717, 1.165) is 11.1 Å². The summed E-state index contributed by atoms with van der Waals surface area (Å²) < 4.78 is 0. The number of benzene rings is 3. The zero-order valence-electron chi connectivity index (χ0n) is 16.2. The van der Waals surface area contributed by atoms with Crippen LogP contribution >= 0.6 is 11.6 Å². The molecule has 1 heterocycles. The second-order valence-electron chi connectivity index (χ2n) is 7.92. The number of ketones is 1. The highest BCUT2D eigenvalue weighted by molar-refractivity contribution is 6.31. The summed E-state index contributed by atoms with van der Waals surface area (Å²) in [5, 5.41) is 12.3. The lowest BCUT2D eigenvalue weighted by atomic mass is 9.71. The van der Waals surface area contributed by atoms with Gasteiger partial charge >= 0.3 is 0 Å². The molecule has 30 heavy (non-hydrogen) atoms. The number of amides is 1. The van der Waals surface area contributed by atoms with Crippen LogP contribution in [0.5, 0.6) is 0 Å². The van der Waals surface area contributed by atoms with E-state index in [1.54, 1.807) is 29.2 Å². The predicted molar refractivity (Wildman–Crippen MR) is 116 cm³/mol. The molecule has 4 nitrogen and oxygen atoms in total. The molecule has 0 spiro atoms. The molecule has 3 aromatic rings. The van der Waals surface area contributed by atoms with Gasteiger partial charge in [-0.15, -0.1) is 0 Å². The summed E-state index contributed by atoms with van der Waals surface area (Å²) in [7, 11) is 0. The quantitative estimate of drug-likeness (QED) is 0.681. The van der Waals surface area contributed by atoms with Gasteiger partial charge in [-0.3, -0.25) is 9.59 Å². The van der Waals surface area contributed by atoms with Gasteiger partial charge in [-0.2, -0.15) is 0 Å². The molecular weight excluding hydrogens is 398 g/mol. The van der Waals surface area contributed by atoms with Crippen LogP contribution in [0.1, 0.15) is 33.5 Å². The average Bonchev–Trinajstić information content (AvgIpc) is 2.97. The normalized spacial score (nSPS) is 22.7. The van der Waals surface area contributed by atoms with Crippen molar-refractivity contribution < 1.29 is 14.7 Å². The van der Waals surface area contributed by atoms with Crippen molar-refractivity contribution in [1.29, 1.82) is 0 Å². The standard InChI is InChI=1S/C25H20ClNO3/c26-18-11-13-22-21(14-18)25(30,24(29)27(22)15-16-6-2-1-3-7-16)20-12-10-17-8-4-5-9-19(17)23(20)28/h1-9,11,13-14,20,30H,10,12,15H2/t20-,25+/m0/s1. The van der Waals surface area contributed by atoms with Gasteiger partial charge in [0.25, 0.3) is 5.91 Å². The van der Waals surface area contributed by atoms with E-state index in [4.69, 9.17) is 11.6 Å². The first-order chi connectivity index (χ1) is 14.5. The van der Waals surface area contributed by atoms with Gasteiger partial charge in [0, 0.05) is 16.1 Å². The van der Waals surface area contributed by atoms with Gasteiger partial charge in [0.05, 0.1) is 18.2 Å². The lowest BCUT2D eigenvalue weighted by Crippen LogP contribution is -2.49. The minimum absolute atomic E-state index is 0.194. The first-order valence-electron chi connectivity index (χ1n) is 10.0. The third kappa shape index (κ3) is 2.79. The zero-order valence-corrected chi connectivity index (χ0v) is 17.0. The van der Waals surface area contributed by atoms with Crippen molar-refractivity contribution in [3.63, 3.8) is 0 Å². The molecule has 1 amide bonds. The van der Waals surface area contributed by atoms with E-state index in [9.17, 15) is 14.7 Å². The van der Waals surface area contributed by atoms with Crippen molar-refractivity contribution >= 4 is 29.0 Å². The minimum Gasteiger partial charge on any atom is -0.375 e. The van der Waals surface area contributed by atoms with E-state index in [0.29, 0.717) is 41.2 Å². The van der Waals surface area contributed by atoms with Gasteiger partial charge in [0.2, 0.25) is 0 Å². The highest BCUT2D eigenvalue weighted by Gasteiger charge is 2.57. The van der Waals surface area contributed by atoms with Gasteiger partial charge in [-0.25, -0.2) is 0 Å². The van der Waals surface area contributed by atoms with Crippen LogP contribution in [0, 0.1) is 5.92 Å². The van der Waals surface area contributed by atoms with E-state index in [1.807, 2.05) is 48.5 Å². The van der Waals surface area contributed by atoms with Crippen LogP contribution in [0.15, 0.2) is 72.8 Å².